The number of anilines is 1. The summed E-state index contributed by atoms with van der Waals surface area (Å²) in [6, 6.07) is 3.91. The zero-order chi connectivity index (χ0) is 21.7. The first-order valence-corrected chi connectivity index (χ1v) is 11.7. The lowest BCUT2D eigenvalue weighted by Gasteiger charge is -2.25. The molecule has 3 rings (SSSR count). The highest BCUT2D eigenvalue weighted by Gasteiger charge is 2.26. The molecule has 9 heteroatoms. The topological polar surface area (TPSA) is 74.3 Å². The van der Waals surface area contributed by atoms with Crippen LogP contribution in [0.15, 0.2) is 23.6 Å². The van der Waals surface area contributed by atoms with Crippen LogP contribution in [0.4, 0.5) is 5.13 Å². The summed E-state index contributed by atoms with van der Waals surface area (Å²) in [7, 11) is 0. The number of amides is 2. The summed E-state index contributed by atoms with van der Waals surface area (Å²) in [6.45, 7) is 6.73. The fraction of sp³-hybridized carbons (Fsp3) is 0.476. The Morgan fingerprint density at radius 1 is 1.20 bits per heavy atom. The molecular weight excluding hydrogens is 443 g/mol. The van der Waals surface area contributed by atoms with Crippen LogP contribution >= 0.6 is 34.5 Å². The summed E-state index contributed by atoms with van der Waals surface area (Å²) >= 11 is 13.4. The van der Waals surface area contributed by atoms with Gasteiger partial charge in [0.1, 0.15) is 6.04 Å². The van der Waals surface area contributed by atoms with Gasteiger partial charge in [-0.3, -0.25) is 14.5 Å². The van der Waals surface area contributed by atoms with Crippen LogP contribution in [0.3, 0.4) is 0 Å². The number of hydrogen-bond donors (Lipinski definition) is 2. The van der Waals surface area contributed by atoms with Crippen molar-refractivity contribution in [2.24, 2.45) is 5.92 Å². The Morgan fingerprint density at radius 3 is 2.60 bits per heavy atom. The zero-order valence-electron chi connectivity index (χ0n) is 17.1. The second-order valence-corrected chi connectivity index (χ2v) is 9.49. The summed E-state index contributed by atoms with van der Waals surface area (Å²) in [6.07, 6.45) is 3.74. The van der Waals surface area contributed by atoms with E-state index in [0.717, 1.165) is 25.3 Å². The van der Waals surface area contributed by atoms with E-state index in [1.54, 1.807) is 12.1 Å². The molecule has 1 unspecified atom stereocenters. The maximum absolute atomic E-state index is 12.8. The minimum absolute atomic E-state index is 0.118. The highest BCUT2D eigenvalue weighted by molar-refractivity contribution is 7.13. The number of rotatable bonds is 7. The second-order valence-electron chi connectivity index (χ2n) is 7.79. The van der Waals surface area contributed by atoms with Gasteiger partial charge in [0.15, 0.2) is 5.13 Å². The van der Waals surface area contributed by atoms with Crippen LogP contribution in [0.25, 0.3) is 0 Å². The first kappa shape index (κ1) is 23.0. The number of nitrogens with one attached hydrogen (secondary N) is 2. The standard InChI is InChI=1S/C21H26Cl2N4O2S/c1-13(2)18(25-19(28)16-7-6-14(22)10-17(16)23)20(29)26-21-24-15(12-30-21)11-27-8-4-3-5-9-27/h6-7,10,12-13,18H,3-5,8-9,11H2,1-2H3,(H,25,28)(H,24,26,29). The molecule has 0 aliphatic carbocycles. The number of hydrogen-bond acceptors (Lipinski definition) is 5. The van der Waals surface area contributed by atoms with Gasteiger partial charge in [0, 0.05) is 16.9 Å². The van der Waals surface area contributed by atoms with Gasteiger partial charge in [-0.1, -0.05) is 43.5 Å². The molecule has 2 aromatic rings. The number of benzene rings is 1. The highest BCUT2D eigenvalue weighted by atomic mass is 35.5. The number of piperidine rings is 1. The summed E-state index contributed by atoms with van der Waals surface area (Å²) in [4.78, 5) is 32.4. The Bertz CT molecular complexity index is 897. The summed E-state index contributed by atoms with van der Waals surface area (Å²) in [5.41, 5.74) is 1.23. The molecule has 1 aliphatic heterocycles. The van der Waals surface area contributed by atoms with Crippen molar-refractivity contribution in [1.29, 1.82) is 0 Å². The fourth-order valence-corrected chi connectivity index (χ4v) is 4.59. The quantitative estimate of drug-likeness (QED) is 0.609. The Labute approximate surface area is 191 Å². The first-order valence-electron chi connectivity index (χ1n) is 10.1. The normalized spacial score (nSPS) is 15.8. The average molecular weight is 469 g/mol. The minimum Gasteiger partial charge on any atom is -0.340 e. The Kier molecular flexibility index (Phi) is 8.11. The molecule has 1 aliphatic rings. The van der Waals surface area contributed by atoms with Crippen LogP contribution in [0.5, 0.6) is 0 Å². The van der Waals surface area contributed by atoms with Crippen molar-refractivity contribution in [2.45, 2.75) is 45.7 Å². The largest absolute Gasteiger partial charge is 0.340 e. The molecule has 6 nitrogen and oxygen atoms in total. The lowest BCUT2D eigenvalue weighted by molar-refractivity contribution is -0.118. The molecule has 2 N–H and O–H groups in total. The van der Waals surface area contributed by atoms with Crippen molar-refractivity contribution in [3.63, 3.8) is 0 Å². The van der Waals surface area contributed by atoms with Crippen molar-refractivity contribution in [3.05, 3.63) is 44.9 Å². The summed E-state index contributed by atoms with van der Waals surface area (Å²) < 4.78 is 0. The number of carbonyl (C=O) groups is 2. The van der Waals surface area contributed by atoms with Gasteiger partial charge in [0.25, 0.3) is 5.91 Å². The van der Waals surface area contributed by atoms with E-state index in [1.807, 2.05) is 19.2 Å². The van der Waals surface area contributed by atoms with Crippen molar-refractivity contribution < 1.29 is 9.59 Å². The number of halogens is 2. The third-order valence-electron chi connectivity index (χ3n) is 5.03. The monoisotopic (exact) mass is 468 g/mol. The lowest BCUT2D eigenvalue weighted by atomic mass is 10.0. The van der Waals surface area contributed by atoms with E-state index in [2.05, 4.69) is 20.5 Å². The number of carbonyl (C=O) groups excluding carboxylic acids is 2. The number of aromatic nitrogens is 1. The van der Waals surface area contributed by atoms with Crippen molar-refractivity contribution in [3.8, 4) is 0 Å². The summed E-state index contributed by atoms with van der Waals surface area (Å²) in [5.74, 6) is -0.842. The lowest BCUT2D eigenvalue weighted by Crippen LogP contribution is -2.47. The molecular formula is C21H26Cl2N4O2S. The van der Waals surface area contributed by atoms with Gasteiger partial charge in [0.05, 0.1) is 16.3 Å². The maximum Gasteiger partial charge on any atom is 0.253 e. The molecule has 0 saturated carbocycles. The average Bonchev–Trinajstić information content (AvgIpc) is 3.13. The molecule has 1 atom stereocenters. The first-order chi connectivity index (χ1) is 14.3. The van der Waals surface area contributed by atoms with Gasteiger partial charge >= 0.3 is 0 Å². The van der Waals surface area contributed by atoms with Gasteiger partial charge in [-0.25, -0.2) is 4.98 Å². The van der Waals surface area contributed by atoms with Crippen molar-refractivity contribution in [1.82, 2.24) is 15.2 Å². The molecule has 1 fully saturated rings. The van der Waals surface area contributed by atoms with Gasteiger partial charge in [-0.2, -0.15) is 0 Å². The van der Waals surface area contributed by atoms with Gasteiger partial charge < -0.3 is 10.6 Å². The number of nitrogens with zero attached hydrogens (tertiary/aromatic N) is 2. The molecule has 162 valence electrons. The number of thiazole rings is 1. The second kappa shape index (κ2) is 10.6. The fourth-order valence-electron chi connectivity index (χ4n) is 3.39. The molecule has 0 radical (unpaired) electrons. The van der Waals surface area contributed by atoms with Crippen molar-refractivity contribution in [2.75, 3.05) is 18.4 Å². The highest BCUT2D eigenvalue weighted by Crippen LogP contribution is 2.22. The van der Waals surface area contributed by atoms with Gasteiger partial charge in [-0.15, -0.1) is 11.3 Å². The van der Waals surface area contributed by atoms with E-state index in [-0.39, 0.29) is 22.4 Å². The van der Waals surface area contributed by atoms with Crippen LogP contribution in [-0.2, 0) is 11.3 Å². The molecule has 1 aromatic carbocycles. The predicted molar refractivity (Wildman–Crippen MR) is 122 cm³/mol. The molecule has 0 spiro atoms. The predicted octanol–water partition coefficient (Wildman–Crippen LogP) is 4.83. The Balaban J connectivity index is 1.62. The van der Waals surface area contributed by atoms with Crippen molar-refractivity contribution >= 4 is 51.5 Å². The van der Waals surface area contributed by atoms with Crippen LogP contribution in [0, 0.1) is 5.92 Å². The van der Waals surface area contributed by atoms with Crippen LogP contribution < -0.4 is 10.6 Å². The number of likely N-dealkylation sites (tertiary alicyclic amines) is 1. The van der Waals surface area contributed by atoms with E-state index in [1.165, 1.54) is 36.7 Å². The molecule has 1 aromatic heterocycles. The van der Waals surface area contributed by atoms with E-state index in [0.29, 0.717) is 10.2 Å². The summed E-state index contributed by atoms with van der Waals surface area (Å²) in [5, 5.41) is 8.81. The van der Waals surface area contributed by atoms with Gasteiger partial charge in [-0.05, 0) is 50.0 Å². The molecule has 1 saturated heterocycles. The zero-order valence-corrected chi connectivity index (χ0v) is 19.4. The van der Waals surface area contributed by atoms with E-state index >= 15 is 0 Å². The Morgan fingerprint density at radius 2 is 1.93 bits per heavy atom. The molecule has 0 bridgehead atoms. The van der Waals surface area contributed by atoms with Crippen LogP contribution in [0.2, 0.25) is 10.0 Å². The van der Waals surface area contributed by atoms with E-state index in [9.17, 15) is 9.59 Å². The Hall–Kier alpha value is -1.67. The molecule has 2 amide bonds. The van der Waals surface area contributed by atoms with Crippen LogP contribution in [-0.4, -0.2) is 40.8 Å². The maximum atomic E-state index is 12.8. The van der Waals surface area contributed by atoms with E-state index < -0.39 is 11.9 Å². The van der Waals surface area contributed by atoms with Gasteiger partial charge in [0.2, 0.25) is 5.91 Å². The molecule has 30 heavy (non-hydrogen) atoms. The van der Waals surface area contributed by atoms with Crippen LogP contribution in [0.1, 0.15) is 49.2 Å². The third-order valence-corrected chi connectivity index (χ3v) is 6.38. The SMILES string of the molecule is CC(C)C(NC(=O)c1ccc(Cl)cc1Cl)C(=O)Nc1nc(CN2CCCCC2)cs1. The van der Waals surface area contributed by atoms with E-state index in [4.69, 9.17) is 23.2 Å². The smallest absolute Gasteiger partial charge is 0.253 e. The third kappa shape index (κ3) is 6.17. The minimum atomic E-state index is -0.723. The molecule has 2 heterocycles.